The van der Waals surface area contributed by atoms with Crippen molar-refractivity contribution in [3.8, 4) is 0 Å². The first-order chi connectivity index (χ1) is 11.5. The normalized spacial score (nSPS) is 20.6. The van der Waals surface area contributed by atoms with Crippen molar-refractivity contribution in [2.75, 3.05) is 6.54 Å². The van der Waals surface area contributed by atoms with Crippen molar-refractivity contribution in [2.24, 2.45) is 0 Å². The van der Waals surface area contributed by atoms with Crippen LogP contribution >= 0.6 is 11.3 Å². The number of aromatic nitrogens is 2. The lowest BCUT2D eigenvalue weighted by Gasteiger charge is -2.21. The van der Waals surface area contributed by atoms with Crippen LogP contribution in [-0.2, 0) is 6.54 Å². The molecule has 1 fully saturated rings. The zero-order valence-corrected chi connectivity index (χ0v) is 15.2. The van der Waals surface area contributed by atoms with Crippen molar-refractivity contribution >= 4 is 17.4 Å². The fraction of sp³-hybridized carbons (Fsp3) is 0.500. The van der Waals surface area contributed by atoms with Crippen LogP contribution in [0.1, 0.15) is 54.6 Å². The predicted octanol–water partition coefficient (Wildman–Crippen LogP) is 3.75. The third-order valence-electron chi connectivity index (χ3n) is 4.47. The summed E-state index contributed by atoms with van der Waals surface area (Å²) >= 11 is 1.57. The molecule has 0 unspecified atom stereocenters. The molecule has 0 radical (unpaired) electrons. The first-order valence-corrected chi connectivity index (χ1v) is 9.28. The third kappa shape index (κ3) is 3.75. The highest BCUT2D eigenvalue weighted by Gasteiger charge is 2.33. The Bertz CT molecular complexity index is 685. The van der Waals surface area contributed by atoms with E-state index < -0.39 is 0 Å². The molecule has 1 aliphatic rings. The second-order valence-electron chi connectivity index (χ2n) is 6.69. The summed E-state index contributed by atoms with van der Waals surface area (Å²) in [6.45, 7) is 7.52. The van der Waals surface area contributed by atoms with E-state index >= 15 is 0 Å². The molecule has 6 heteroatoms. The topological polar surface area (TPSA) is 58.1 Å². The number of amides is 2. The van der Waals surface area contributed by atoms with Gasteiger partial charge in [-0.3, -0.25) is 0 Å². The van der Waals surface area contributed by atoms with E-state index in [-0.39, 0.29) is 12.1 Å². The number of likely N-dealkylation sites (tertiary alicyclic amines) is 1. The highest BCUT2D eigenvalue weighted by atomic mass is 32.1. The minimum absolute atomic E-state index is 0.0118. The number of rotatable bonds is 4. The van der Waals surface area contributed by atoms with Gasteiger partial charge in [-0.15, -0.1) is 10.2 Å². The highest BCUT2D eigenvalue weighted by Crippen LogP contribution is 2.31. The van der Waals surface area contributed by atoms with Crippen LogP contribution in [-0.4, -0.2) is 33.7 Å². The number of hydrogen-bond donors (Lipinski definition) is 1. The molecule has 0 spiro atoms. The maximum Gasteiger partial charge on any atom is 0.318 e. The van der Waals surface area contributed by atoms with Crippen LogP contribution in [0.25, 0.3) is 0 Å². The monoisotopic (exact) mass is 344 g/mol. The average Bonchev–Trinajstić information content (AvgIpc) is 3.20. The van der Waals surface area contributed by atoms with Gasteiger partial charge in [-0.2, -0.15) is 0 Å². The zero-order valence-electron chi connectivity index (χ0n) is 14.4. The molecule has 1 saturated heterocycles. The first-order valence-electron chi connectivity index (χ1n) is 8.46. The molecule has 0 bridgehead atoms. The van der Waals surface area contributed by atoms with Gasteiger partial charge < -0.3 is 10.2 Å². The van der Waals surface area contributed by atoms with Crippen molar-refractivity contribution in [3.05, 3.63) is 45.9 Å². The molecule has 0 aliphatic carbocycles. The minimum atomic E-state index is -0.0118. The van der Waals surface area contributed by atoms with Gasteiger partial charge >= 0.3 is 6.03 Å². The Morgan fingerprint density at radius 1 is 1.33 bits per heavy atom. The minimum Gasteiger partial charge on any atom is -0.331 e. The summed E-state index contributed by atoms with van der Waals surface area (Å²) in [4.78, 5) is 14.5. The Kier molecular flexibility index (Phi) is 5.14. The Balaban J connectivity index is 1.56. The third-order valence-corrected chi connectivity index (χ3v) is 5.70. The smallest absolute Gasteiger partial charge is 0.318 e. The number of nitrogens with one attached hydrogen (secondary N) is 1. The molecule has 24 heavy (non-hydrogen) atoms. The standard InChI is InChI=1S/C18H24N4OS/c1-12(2)17-21-20-16(24-17)10-19-18(23)22-11-15(9-13(22)3)14-7-5-4-6-8-14/h4-8,12-13,15H,9-11H2,1-3H3,(H,19,23)/t13-,15-/m0/s1. The predicted molar refractivity (Wildman–Crippen MR) is 96.2 cm³/mol. The van der Waals surface area contributed by atoms with Gasteiger partial charge in [0.05, 0.1) is 6.54 Å². The Labute approximate surface area is 147 Å². The zero-order chi connectivity index (χ0) is 17.1. The Morgan fingerprint density at radius 3 is 2.75 bits per heavy atom. The molecule has 1 aromatic carbocycles. The van der Waals surface area contributed by atoms with E-state index in [0.717, 1.165) is 23.0 Å². The van der Waals surface area contributed by atoms with Crippen molar-refractivity contribution in [1.29, 1.82) is 0 Å². The van der Waals surface area contributed by atoms with E-state index in [1.165, 1.54) is 5.56 Å². The molecule has 5 nitrogen and oxygen atoms in total. The van der Waals surface area contributed by atoms with Gasteiger partial charge in [0.15, 0.2) is 0 Å². The van der Waals surface area contributed by atoms with E-state index in [4.69, 9.17) is 0 Å². The number of hydrogen-bond acceptors (Lipinski definition) is 4. The number of benzene rings is 1. The van der Waals surface area contributed by atoms with Gasteiger partial charge in [-0.05, 0) is 18.9 Å². The largest absolute Gasteiger partial charge is 0.331 e. The molecular weight excluding hydrogens is 320 g/mol. The van der Waals surface area contributed by atoms with Gasteiger partial charge in [0.2, 0.25) is 0 Å². The van der Waals surface area contributed by atoms with Gasteiger partial charge in [0.25, 0.3) is 0 Å². The summed E-state index contributed by atoms with van der Waals surface area (Å²) in [5.74, 6) is 0.790. The van der Waals surface area contributed by atoms with Crippen LogP contribution in [0.2, 0.25) is 0 Å². The first kappa shape index (κ1) is 16.9. The van der Waals surface area contributed by atoms with Gasteiger partial charge in [-0.1, -0.05) is 55.5 Å². The fourth-order valence-electron chi connectivity index (χ4n) is 3.10. The van der Waals surface area contributed by atoms with Crippen LogP contribution in [0.4, 0.5) is 4.79 Å². The second kappa shape index (κ2) is 7.30. The summed E-state index contributed by atoms with van der Waals surface area (Å²) in [5.41, 5.74) is 1.31. The van der Waals surface area contributed by atoms with E-state index in [1.807, 2.05) is 11.0 Å². The number of carbonyl (C=O) groups is 1. The second-order valence-corrected chi connectivity index (χ2v) is 7.79. The van der Waals surface area contributed by atoms with Crippen molar-refractivity contribution < 1.29 is 4.79 Å². The lowest BCUT2D eigenvalue weighted by Crippen LogP contribution is -2.41. The van der Waals surface area contributed by atoms with E-state index in [9.17, 15) is 4.79 Å². The lowest BCUT2D eigenvalue weighted by atomic mass is 9.97. The molecule has 1 aromatic heterocycles. The number of nitrogens with zero attached hydrogens (tertiary/aromatic N) is 3. The maximum absolute atomic E-state index is 12.5. The molecular formula is C18H24N4OS. The fourth-order valence-corrected chi connectivity index (χ4v) is 3.89. The molecule has 1 aliphatic heterocycles. The summed E-state index contributed by atoms with van der Waals surface area (Å²) in [6.07, 6.45) is 1.01. The Hall–Kier alpha value is -1.95. The molecule has 128 valence electrons. The SMILES string of the molecule is CC(C)c1nnc(CNC(=O)N2C[C@@H](c3ccccc3)C[C@@H]2C)s1. The number of carbonyl (C=O) groups excluding carboxylic acids is 1. The summed E-state index contributed by atoms with van der Waals surface area (Å²) in [6, 6.07) is 10.7. The van der Waals surface area contributed by atoms with Crippen LogP contribution in [0, 0.1) is 0 Å². The van der Waals surface area contributed by atoms with Crippen molar-refractivity contribution in [1.82, 2.24) is 20.4 Å². The van der Waals surface area contributed by atoms with Gasteiger partial charge in [-0.25, -0.2) is 4.79 Å². The molecule has 2 heterocycles. The molecule has 1 N–H and O–H groups in total. The lowest BCUT2D eigenvalue weighted by molar-refractivity contribution is 0.195. The van der Waals surface area contributed by atoms with Gasteiger partial charge in [0, 0.05) is 24.4 Å². The van der Waals surface area contributed by atoms with E-state index in [1.54, 1.807) is 11.3 Å². The molecule has 2 atom stereocenters. The summed E-state index contributed by atoms with van der Waals surface area (Å²) in [7, 11) is 0. The maximum atomic E-state index is 12.5. The summed E-state index contributed by atoms with van der Waals surface area (Å²) in [5, 5.41) is 13.2. The van der Waals surface area contributed by atoms with Crippen LogP contribution < -0.4 is 5.32 Å². The number of urea groups is 1. The molecule has 2 amide bonds. The molecule has 2 aromatic rings. The van der Waals surface area contributed by atoms with Crippen LogP contribution in [0.15, 0.2) is 30.3 Å². The van der Waals surface area contributed by atoms with E-state index in [0.29, 0.717) is 18.4 Å². The van der Waals surface area contributed by atoms with Crippen molar-refractivity contribution in [2.45, 2.75) is 51.6 Å². The van der Waals surface area contributed by atoms with Crippen LogP contribution in [0.3, 0.4) is 0 Å². The quantitative estimate of drug-likeness (QED) is 0.919. The highest BCUT2D eigenvalue weighted by molar-refractivity contribution is 7.11. The molecule has 3 rings (SSSR count). The van der Waals surface area contributed by atoms with E-state index in [2.05, 4.69) is 60.6 Å². The van der Waals surface area contributed by atoms with Crippen molar-refractivity contribution in [3.63, 3.8) is 0 Å². The Morgan fingerprint density at radius 2 is 2.08 bits per heavy atom. The summed E-state index contributed by atoms with van der Waals surface area (Å²) < 4.78 is 0. The van der Waals surface area contributed by atoms with Gasteiger partial charge in [0.1, 0.15) is 10.0 Å². The average molecular weight is 344 g/mol. The molecule has 0 saturated carbocycles. The van der Waals surface area contributed by atoms with Crippen LogP contribution in [0.5, 0.6) is 0 Å².